The highest BCUT2D eigenvalue weighted by atomic mass is 32.2. The molecule has 22 heavy (non-hydrogen) atoms. The molecular formula is C18H19NO2S. The summed E-state index contributed by atoms with van der Waals surface area (Å²) in [4.78, 5) is 12.1. The Morgan fingerprint density at radius 2 is 1.91 bits per heavy atom. The molecule has 0 aliphatic carbocycles. The van der Waals surface area contributed by atoms with Crippen LogP contribution in [0.3, 0.4) is 0 Å². The monoisotopic (exact) mass is 313 g/mol. The summed E-state index contributed by atoms with van der Waals surface area (Å²) in [7, 11) is 0. The zero-order valence-corrected chi connectivity index (χ0v) is 13.1. The first-order valence-electron chi connectivity index (χ1n) is 7.46. The maximum Gasteiger partial charge on any atom is 0.230 e. The molecule has 1 amide bonds. The molecule has 0 radical (unpaired) electrons. The van der Waals surface area contributed by atoms with E-state index >= 15 is 0 Å². The molecule has 3 rings (SSSR count). The van der Waals surface area contributed by atoms with Crippen LogP contribution in [0.5, 0.6) is 5.75 Å². The van der Waals surface area contributed by atoms with E-state index in [1.165, 1.54) is 5.56 Å². The molecule has 0 saturated heterocycles. The summed E-state index contributed by atoms with van der Waals surface area (Å²) < 4.78 is 5.62. The maximum atomic E-state index is 12.1. The standard InChI is InChI=1S/C18H19NO2S/c20-18(13-22-12-14-6-2-1-3-7-14)19-16-10-11-21-17-9-5-4-8-15(16)17/h1-9,16H,10-13H2,(H,19,20)/t16-/m0/s1. The molecule has 0 aromatic heterocycles. The Labute approximate surface area is 135 Å². The molecule has 114 valence electrons. The number of hydrogen-bond donors (Lipinski definition) is 1. The van der Waals surface area contributed by atoms with Gasteiger partial charge in [-0.3, -0.25) is 4.79 Å². The van der Waals surface area contributed by atoms with Gasteiger partial charge in [0, 0.05) is 17.7 Å². The van der Waals surface area contributed by atoms with Gasteiger partial charge in [0.2, 0.25) is 5.91 Å². The first-order chi connectivity index (χ1) is 10.8. The van der Waals surface area contributed by atoms with Crippen molar-refractivity contribution in [1.29, 1.82) is 0 Å². The van der Waals surface area contributed by atoms with Gasteiger partial charge in [0.1, 0.15) is 5.75 Å². The van der Waals surface area contributed by atoms with Crippen LogP contribution in [0.25, 0.3) is 0 Å². The van der Waals surface area contributed by atoms with E-state index in [9.17, 15) is 4.79 Å². The van der Waals surface area contributed by atoms with Crippen LogP contribution in [0.1, 0.15) is 23.6 Å². The molecule has 2 aromatic carbocycles. The molecule has 1 heterocycles. The zero-order chi connectivity index (χ0) is 15.2. The maximum absolute atomic E-state index is 12.1. The second kappa shape index (κ2) is 7.36. The number of thioether (sulfide) groups is 1. The normalized spacial score (nSPS) is 16.5. The first kappa shape index (κ1) is 15.0. The van der Waals surface area contributed by atoms with Crippen LogP contribution < -0.4 is 10.1 Å². The lowest BCUT2D eigenvalue weighted by Gasteiger charge is -2.26. The average Bonchev–Trinajstić information content (AvgIpc) is 2.56. The number of carbonyl (C=O) groups is 1. The van der Waals surface area contributed by atoms with E-state index in [1.54, 1.807) is 11.8 Å². The van der Waals surface area contributed by atoms with Crippen LogP contribution in [0.15, 0.2) is 54.6 Å². The Hall–Kier alpha value is -1.94. The summed E-state index contributed by atoms with van der Waals surface area (Å²) in [5.74, 6) is 2.31. The number of amides is 1. The molecule has 0 saturated carbocycles. The Balaban J connectivity index is 1.50. The zero-order valence-electron chi connectivity index (χ0n) is 12.3. The fourth-order valence-corrected chi connectivity index (χ4v) is 3.36. The molecule has 0 unspecified atom stereocenters. The summed E-state index contributed by atoms with van der Waals surface area (Å²) in [6.45, 7) is 0.652. The Bertz CT molecular complexity index is 630. The van der Waals surface area contributed by atoms with E-state index in [0.717, 1.165) is 23.5 Å². The Morgan fingerprint density at radius 3 is 2.77 bits per heavy atom. The van der Waals surface area contributed by atoms with E-state index in [2.05, 4.69) is 17.4 Å². The second-order valence-electron chi connectivity index (χ2n) is 5.27. The third-order valence-corrected chi connectivity index (χ3v) is 4.64. The largest absolute Gasteiger partial charge is 0.493 e. The summed E-state index contributed by atoms with van der Waals surface area (Å²) in [6, 6.07) is 18.2. The molecule has 0 spiro atoms. The van der Waals surface area contributed by atoms with Crippen molar-refractivity contribution in [2.45, 2.75) is 18.2 Å². The van der Waals surface area contributed by atoms with E-state index in [-0.39, 0.29) is 11.9 Å². The molecule has 3 nitrogen and oxygen atoms in total. The second-order valence-corrected chi connectivity index (χ2v) is 6.26. The molecule has 1 aliphatic rings. The predicted molar refractivity (Wildman–Crippen MR) is 90.0 cm³/mol. The van der Waals surface area contributed by atoms with Crippen molar-refractivity contribution < 1.29 is 9.53 Å². The highest BCUT2D eigenvalue weighted by Crippen LogP contribution is 2.31. The van der Waals surface area contributed by atoms with Crippen molar-refractivity contribution in [3.8, 4) is 5.75 Å². The minimum atomic E-state index is 0.0646. The van der Waals surface area contributed by atoms with Gasteiger partial charge in [-0.15, -0.1) is 11.8 Å². The van der Waals surface area contributed by atoms with Crippen molar-refractivity contribution >= 4 is 17.7 Å². The molecule has 1 aliphatic heterocycles. The van der Waals surface area contributed by atoms with Gasteiger partial charge in [0.25, 0.3) is 0 Å². The molecule has 0 bridgehead atoms. The van der Waals surface area contributed by atoms with Crippen LogP contribution in [0.2, 0.25) is 0 Å². The number of nitrogens with one attached hydrogen (secondary N) is 1. The summed E-state index contributed by atoms with van der Waals surface area (Å²) >= 11 is 1.64. The first-order valence-corrected chi connectivity index (χ1v) is 8.61. The summed E-state index contributed by atoms with van der Waals surface area (Å²) in [5.41, 5.74) is 2.33. The Morgan fingerprint density at radius 1 is 1.14 bits per heavy atom. The number of para-hydroxylation sites is 1. The van der Waals surface area contributed by atoms with Crippen molar-refractivity contribution in [1.82, 2.24) is 5.32 Å². The minimum absolute atomic E-state index is 0.0646. The van der Waals surface area contributed by atoms with E-state index in [4.69, 9.17) is 4.74 Å². The van der Waals surface area contributed by atoms with Gasteiger partial charge in [0.15, 0.2) is 0 Å². The van der Waals surface area contributed by atoms with Gasteiger partial charge < -0.3 is 10.1 Å². The van der Waals surface area contributed by atoms with E-state index in [1.807, 2.05) is 42.5 Å². The van der Waals surface area contributed by atoms with Crippen LogP contribution in [0, 0.1) is 0 Å². The fourth-order valence-electron chi connectivity index (χ4n) is 2.56. The quantitative estimate of drug-likeness (QED) is 0.917. The van der Waals surface area contributed by atoms with Crippen LogP contribution in [0.4, 0.5) is 0 Å². The number of hydrogen-bond acceptors (Lipinski definition) is 3. The van der Waals surface area contributed by atoms with E-state index < -0.39 is 0 Å². The average molecular weight is 313 g/mol. The fraction of sp³-hybridized carbons (Fsp3) is 0.278. The lowest BCUT2D eigenvalue weighted by atomic mass is 10.0. The van der Waals surface area contributed by atoms with E-state index in [0.29, 0.717) is 12.4 Å². The molecule has 0 fully saturated rings. The van der Waals surface area contributed by atoms with Crippen molar-refractivity contribution in [3.05, 3.63) is 65.7 Å². The molecule has 4 heteroatoms. The minimum Gasteiger partial charge on any atom is -0.493 e. The number of ether oxygens (including phenoxy) is 1. The van der Waals surface area contributed by atoms with Crippen molar-refractivity contribution in [2.75, 3.05) is 12.4 Å². The van der Waals surface area contributed by atoms with Gasteiger partial charge in [-0.2, -0.15) is 0 Å². The van der Waals surface area contributed by atoms with Gasteiger partial charge in [-0.1, -0.05) is 48.5 Å². The number of rotatable bonds is 5. The third-order valence-electron chi connectivity index (χ3n) is 3.64. The highest BCUT2D eigenvalue weighted by molar-refractivity contribution is 7.99. The lowest BCUT2D eigenvalue weighted by Crippen LogP contribution is -2.33. The number of carbonyl (C=O) groups excluding carboxylic acids is 1. The number of fused-ring (bicyclic) bond motifs is 1. The molecule has 2 aromatic rings. The third kappa shape index (κ3) is 3.83. The summed E-state index contributed by atoms with van der Waals surface area (Å²) in [6.07, 6.45) is 0.826. The molecular weight excluding hydrogens is 294 g/mol. The number of benzene rings is 2. The van der Waals surface area contributed by atoms with Gasteiger partial charge in [0.05, 0.1) is 18.4 Å². The van der Waals surface area contributed by atoms with Gasteiger partial charge in [-0.25, -0.2) is 0 Å². The van der Waals surface area contributed by atoms with Crippen LogP contribution in [-0.4, -0.2) is 18.3 Å². The molecule has 1 N–H and O–H groups in total. The topological polar surface area (TPSA) is 38.3 Å². The SMILES string of the molecule is O=C(CSCc1ccccc1)N[C@H]1CCOc2ccccc21. The van der Waals surface area contributed by atoms with Gasteiger partial charge >= 0.3 is 0 Å². The lowest BCUT2D eigenvalue weighted by molar-refractivity contribution is -0.119. The van der Waals surface area contributed by atoms with Crippen molar-refractivity contribution in [2.24, 2.45) is 0 Å². The smallest absolute Gasteiger partial charge is 0.230 e. The summed E-state index contributed by atoms with van der Waals surface area (Å²) in [5, 5.41) is 3.12. The van der Waals surface area contributed by atoms with Crippen LogP contribution >= 0.6 is 11.8 Å². The highest BCUT2D eigenvalue weighted by Gasteiger charge is 2.22. The van der Waals surface area contributed by atoms with Crippen LogP contribution in [-0.2, 0) is 10.5 Å². The Kier molecular flexibility index (Phi) is 5.01. The predicted octanol–water partition coefficient (Wildman–Crippen LogP) is 3.56. The van der Waals surface area contributed by atoms with Crippen molar-refractivity contribution in [3.63, 3.8) is 0 Å². The molecule has 1 atom stereocenters. The van der Waals surface area contributed by atoms with Gasteiger partial charge in [-0.05, 0) is 11.6 Å².